The summed E-state index contributed by atoms with van der Waals surface area (Å²) in [6.45, 7) is 1.20. The van der Waals surface area contributed by atoms with Crippen molar-refractivity contribution in [3.8, 4) is 28.4 Å². The molecule has 0 radical (unpaired) electrons. The van der Waals surface area contributed by atoms with E-state index in [0.717, 1.165) is 16.7 Å². The molecule has 8 rings (SSSR count). The van der Waals surface area contributed by atoms with Crippen LogP contribution in [0.25, 0.3) is 44.3 Å². The van der Waals surface area contributed by atoms with Gasteiger partial charge >= 0.3 is 0 Å². The number of nitrogens with one attached hydrogen (secondary N) is 3. The molecule has 0 unspecified atom stereocenters. The molecule has 2 saturated heterocycles. The number of anilines is 1. The molecule has 0 saturated carbocycles. The van der Waals surface area contributed by atoms with Gasteiger partial charge in [0, 0.05) is 40.7 Å². The van der Waals surface area contributed by atoms with Crippen molar-refractivity contribution < 1.29 is 37.1 Å². The summed E-state index contributed by atoms with van der Waals surface area (Å²) < 4.78 is 50.4. The maximum Gasteiger partial charge on any atom is 0.296 e. The molecule has 2 fully saturated rings. The Balaban J connectivity index is 0.881. The van der Waals surface area contributed by atoms with Crippen molar-refractivity contribution in [1.82, 2.24) is 20.3 Å². The molecule has 2 aromatic heterocycles. The zero-order valence-electron chi connectivity index (χ0n) is 27.3. The molecule has 52 heavy (non-hydrogen) atoms. The van der Waals surface area contributed by atoms with Crippen LogP contribution in [0.4, 0.5) is 5.69 Å². The van der Waals surface area contributed by atoms with Crippen LogP contribution in [0.5, 0.6) is 6.01 Å². The van der Waals surface area contributed by atoms with Crippen molar-refractivity contribution in [2.75, 3.05) is 31.6 Å². The molecular formula is C37H32ClN5O8S. The first-order valence-corrected chi connectivity index (χ1v) is 18.3. The minimum Gasteiger partial charge on any atom is -0.456 e. The van der Waals surface area contributed by atoms with Crippen LogP contribution in [0.2, 0.25) is 5.02 Å². The summed E-state index contributed by atoms with van der Waals surface area (Å²) >= 11 is 6.64. The average molecular weight is 742 g/mol. The van der Waals surface area contributed by atoms with Crippen molar-refractivity contribution in [2.45, 2.75) is 29.3 Å². The fourth-order valence-electron chi connectivity index (χ4n) is 6.61. The van der Waals surface area contributed by atoms with Gasteiger partial charge in [0.05, 0.1) is 29.4 Å². The third-order valence-electron chi connectivity index (χ3n) is 9.17. The smallest absolute Gasteiger partial charge is 0.296 e. The zero-order valence-corrected chi connectivity index (χ0v) is 28.9. The van der Waals surface area contributed by atoms with E-state index in [2.05, 4.69) is 25.6 Å². The van der Waals surface area contributed by atoms with Gasteiger partial charge in [0.25, 0.3) is 22.0 Å². The second-order valence-corrected chi connectivity index (χ2v) is 14.3. The van der Waals surface area contributed by atoms with Gasteiger partial charge in [0.2, 0.25) is 0 Å². The van der Waals surface area contributed by atoms with Gasteiger partial charge in [-0.05, 0) is 41.5 Å². The molecule has 2 aliphatic heterocycles. The van der Waals surface area contributed by atoms with Gasteiger partial charge in [0.1, 0.15) is 23.2 Å². The van der Waals surface area contributed by atoms with Crippen molar-refractivity contribution in [1.29, 1.82) is 0 Å². The van der Waals surface area contributed by atoms with Gasteiger partial charge < -0.3 is 34.9 Å². The number of nitrogens with zero attached hydrogens (tertiary/aromatic N) is 2. The van der Waals surface area contributed by atoms with Gasteiger partial charge in [-0.2, -0.15) is 13.4 Å². The van der Waals surface area contributed by atoms with Crippen molar-refractivity contribution in [3.63, 3.8) is 0 Å². The molecule has 0 aliphatic carbocycles. The van der Waals surface area contributed by atoms with Crippen LogP contribution in [-0.2, 0) is 19.6 Å². The second kappa shape index (κ2) is 13.8. The van der Waals surface area contributed by atoms with Gasteiger partial charge in [-0.3, -0.25) is 9.35 Å². The minimum absolute atomic E-state index is 0.160. The van der Waals surface area contributed by atoms with E-state index in [4.69, 9.17) is 25.8 Å². The number of pyridine rings is 1. The summed E-state index contributed by atoms with van der Waals surface area (Å²) in [5, 5.41) is 17.6. The number of carbonyl (C=O) groups is 1. The summed E-state index contributed by atoms with van der Waals surface area (Å²) in [6.07, 6.45) is -1.86. The monoisotopic (exact) mass is 741 g/mol. The molecule has 6 aromatic rings. The van der Waals surface area contributed by atoms with E-state index >= 15 is 0 Å². The van der Waals surface area contributed by atoms with E-state index in [1.165, 1.54) is 6.07 Å². The van der Waals surface area contributed by atoms with E-state index in [-0.39, 0.29) is 36.1 Å². The van der Waals surface area contributed by atoms with Gasteiger partial charge in [-0.25, -0.2) is 4.98 Å². The Morgan fingerprint density at radius 2 is 1.58 bits per heavy atom. The number of H-pyrrole nitrogens is 1. The molecule has 5 N–H and O–H groups in total. The molecule has 4 heterocycles. The Morgan fingerprint density at radius 1 is 0.885 bits per heavy atom. The van der Waals surface area contributed by atoms with Gasteiger partial charge in [-0.15, -0.1) is 0 Å². The number of aromatic amines is 1. The second-order valence-electron chi connectivity index (χ2n) is 12.5. The van der Waals surface area contributed by atoms with Crippen LogP contribution < -0.4 is 15.4 Å². The molecule has 2 aliphatic rings. The topological polar surface area (TPSA) is 185 Å². The van der Waals surface area contributed by atoms with E-state index in [1.807, 2.05) is 36.4 Å². The molecule has 0 bridgehead atoms. The molecule has 15 heteroatoms. The molecule has 0 spiro atoms. The number of benzene rings is 4. The summed E-state index contributed by atoms with van der Waals surface area (Å²) in [4.78, 5) is 25.0. The van der Waals surface area contributed by atoms with Crippen molar-refractivity contribution >= 4 is 55.2 Å². The van der Waals surface area contributed by atoms with Crippen LogP contribution in [0.15, 0.2) is 95.9 Å². The van der Waals surface area contributed by atoms with Gasteiger partial charge in [-0.1, -0.05) is 72.3 Å². The van der Waals surface area contributed by atoms with E-state index in [1.54, 1.807) is 48.5 Å². The molecule has 4 atom stereocenters. The first-order valence-electron chi connectivity index (χ1n) is 16.5. The van der Waals surface area contributed by atoms with E-state index in [0.29, 0.717) is 57.0 Å². The molecule has 4 aromatic carbocycles. The SMILES string of the molecule is O=C(NCCNc1cccc2c(S(=O)(=O)O)cccc12)c1ccc(-c2ccc(-c3nc4nc(O[C@@H]5CO[C@H]6[C@@H]5OC[C@H]6O)[nH]c4cc3Cl)cc2)cc1. The zero-order chi connectivity index (χ0) is 36.0. The number of aromatic nitrogens is 3. The first kappa shape index (κ1) is 34.0. The van der Waals surface area contributed by atoms with Crippen LogP contribution in [-0.4, -0.2) is 89.7 Å². The lowest BCUT2D eigenvalue weighted by Crippen LogP contribution is -2.34. The number of halogens is 1. The van der Waals surface area contributed by atoms with Crippen LogP contribution in [0.3, 0.4) is 0 Å². The lowest BCUT2D eigenvalue weighted by atomic mass is 10.0. The van der Waals surface area contributed by atoms with Crippen molar-refractivity contribution in [3.05, 3.63) is 102 Å². The van der Waals surface area contributed by atoms with Crippen LogP contribution in [0.1, 0.15) is 10.4 Å². The highest BCUT2D eigenvalue weighted by molar-refractivity contribution is 7.86. The number of aliphatic hydroxyl groups excluding tert-OH is 1. The summed E-state index contributed by atoms with van der Waals surface area (Å²) in [6, 6.07) is 26.9. The Labute approximate surface area is 302 Å². The fourth-order valence-corrected chi connectivity index (χ4v) is 7.58. The number of rotatable bonds is 10. The highest BCUT2D eigenvalue weighted by Crippen LogP contribution is 2.33. The largest absolute Gasteiger partial charge is 0.456 e. The normalized spacial score (nSPS) is 19.9. The number of amides is 1. The number of hydrogen-bond donors (Lipinski definition) is 5. The number of ether oxygens (including phenoxy) is 3. The highest BCUT2D eigenvalue weighted by Gasteiger charge is 2.48. The fraction of sp³-hybridized carbons (Fsp3) is 0.216. The van der Waals surface area contributed by atoms with Gasteiger partial charge in [0.15, 0.2) is 11.8 Å². The number of fused-ring (bicyclic) bond motifs is 3. The number of carbonyl (C=O) groups excluding carboxylic acids is 1. The highest BCUT2D eigenvalue weighted by atomic mass is 35.5. The standard InChI is InChI=1S/C37H32ClN5O8S/c38-26-17-28-35(43-37(41-28)51-30-19-50-33-29(44)18-49-34(30)33)42-32(26)22-11-7-20(8-12-22)21-9-13-23(14-10-21)36(45)40-16-15-39-27-5-1-4-25-24(27)3-2-6-31(25)52(46,47)48/h1-14,17,29-30,33-34,39,44H,15-16,18-19H2,(H,40,45)(H,41,42,43)(H,46,47,48)/t29-,30-,33-,34-/m1/s1. The minimum atomic E-state index is -4.37. The Hall–Kier alpha value is -5.09. The predicted molar refractivity (Wildman–Crippen MR) is 194 cm³/mol. The Morgan fingerprint density at radius 3 is 2.35 bits per heavy atom. The lowest BCUT2D eigenvalue weighted by Gasteiger charge is -2.15. The predicted octanol–water partition coefficient (Wildman–Crippen LogP) is 5.09. The molecular weight excluding hydrogens is 710 g/mol. The third kappa shape index (κ3) is 6.67. The van der Waals surface area contributed by atoms with Crippen molar-refractivity contribution in [2.24, 2.45) is 0 Å². The first-order chi connectivity index (χ1) is 25.1. The molecule has 266 valence electrons. The Bertz CT molecular complexity index is 2410. The summed E-state index contributed by atoms with van der Waals surface area (Å²) in [5.74, 6) is -0.232. The molecule has 1 amide bonds. The number of imidazole rings is 1. The van der Waals surface area contributed by atoms with Crippen LogP contribution >= 0.6 is 11.6 Å². The number of aliphatic hydroxyl groups is 1. The maximum absolute atomic E-state index is 12.9. The Kier molecular flexibility index (Phi) is 9.03. The average Bonchev–Trinajstić information content (AvgIpc) is 3.85. The number of hydrogen-bond acceptors (Lipinski definition) is 10. The quantitative estimate of drug-likeness (QED) is 0.0931. The maximum atomic E-state index is 12.9. The van der Waals surface area contributed by atoms with E-state index < -0.39 is 28.4 Å². The summed E-state index contributed by atoms with van der Waals surface area (Å²) in [5.41, 5.74) is 5.47. The van der Waals surface area contributed by atoms with E-state index in [9.17, 15) is 22.9 Å². The summed E-state index contributed by atoms with van der Waals surface area (Å²) in [7, 11) is -4.37. The third-order valence-corrected chi connectivity index (χ3v) is 10.4. The molecule has 13 nitrogen and oxygen atoms in total. The van der Waals surface area contributed by atoms with Crippen LogP contribution in [0, 0.1) is 0 Å². The lowest BCUT2D eigenvalue weighted by molar-refractivity contribution is 0.00706.